The van der Waals surface area contributed by atoms with E-state index in [0.717, 1.165) is 32.3 Å². The van der Waals surface area contributed by atoms with Crippen molar-refractivity contribution >= 4 is 6.09 Å². The Balaban J connectivity index is 1.90. The van der Waals surface area contributed by atoms with Gasteiger partial charge in [-0.1, -0.05) is 0 Å². The summed E-state index contributed by atoms with van der Waals surface area (Å²) < 4.78 is 11.3. The van der Waals surface area contributed by atoms with E-state index < -0.39 is 5.60 Å². The van der Waals surface area contributed by atoms with E-state index in [2.05, 4.69) is 0 Å². The van der Waals surface area contributed by atoms with Crippen LogP contribution in [0.3, 0.4) is 0 Å². The number of carbonyl (C=O) groups excluding carboxylic acids is 1. The first-order valence-electron chi connectivity index (χ1n) is 7.20. The Hall–Kier alpha value is -0.810. The number of rotatable bonds is 0. The van der Waals surface area contributed by atoms with Crippen LogP contribution in [0.1, 0.15) is 46.5 Å². The number of likely N-dealkylation sites (tertiary alicyclic amines) is 1. The number of ether oxygens (including phenoxy) is 2. The minimum atomic E-state index is -0.441. The molecular formula is C14H26N2O3. The van der Waals surface area contributed by atoms with Gasteiger partial charge in [0.2, 0.25) is 0 Å². The van der Waals surface area contributed by atoms with Gasteiger partial charge >= 0.3 is 6.09 Å². The van der Waals surface area contributed by atoms with Crippen LogP contribution in [-0.4, -0.2) is 47.9 Å². The molecule has 0 saturated carbocycles. The third kappa shape index (κ3) is 3.39. The minimum Gasteiger partial charge on any atom is -0.444 e. The van der Waals surface area contributed by atoms with Crippen molar-refractivity contribution in [3.8, 4) is 0 Å². The number of hydrogen-bond acceptors (Lipinski definition) is 4. The van der Waals surface area contributed by atoms with E-state index in [0.29, 0.717) is 13.1 Å². The first-order chi connectivity index (χ1) is 8.82. The molecule has 1 amide bonds. The van der Waals surface area contributed by atoms with Crippen molar-refractivity contribution in [1.29, 1.82) is 0 Å². The van der Waals surface area contributed by atoms with Crippen LogP contribution in [-0.2, 0) is 9.47 Å². The molecule has 2 aliphatic rings. The average molecular weight is 270 g/mol. The molecule has 2 N–H and O–H groups in total. The minimum absolute atomic E-state index is 0.0991. The number of hydrogen-bond donors (Lipinski definition) is 1. The molecule has 5 nitrogen and oxygen atoms in total. The van der Waals surface area contributed by atoms with Gasteiger partial charge in [-0.05, 0) is 46.5 Å². The Kier molecular flexibility index (Phi) is 4.06. The van der Waals surface area contributed by atoms with Gasteiger partial charge in [-0.2, -0.15) is 0 Å². The van der Waals surface area contributed by atoms with E-state index in [9.17, 15) is 4.79 Å². The van der Waals surface area contributed by atoms with Gasteiger partial charge in [-0.3, -0.25) is 0 Å². The maximum atomic E-state index is 12.0. The highest BCUT2D eigenvalue weighted by atomic mass is 16.6. The molecular weight excluding hydrogens is 244 g/mol. The van der Waals surface area contributed by atoms with Crippen molar-refractivity contribution in [1.82, 2.24) is 4.90 Å². The van der Waals surface area contributed by atoms with Crippen molar-refractivity contribution in [2.24, 2.45) is 5.73 Å². The van der Waals surface area contributed by atoms with Gasteiger partial charge in [0.25, 0.3) is 0 Å². The molecule has 0 radical (unpaired) electrons. The lowest BCUT2D eigenvalue weighted by Gasteiger charge is -2.47. The SMILES string of the molecule is CC(C)(C)OC(=O)N1CCC2(CC1)OCCCC2N. The van der Waals surface area contributed by atoms with Crippen molar-refractivity contribution in [3.05, 3.63) is 0 Å². The van der Waals surface area contributed by atoms with Crippen LogP contribution in [0.5, 0.6) is 0 Å². The molecule has 19 heavy (non-hydrogen) atoms. The first kappa shape index (κ1) is 14.6. The summed E-state index contributed by atoms with van der Waals surface area (Å²) in [5.74, 6) is 0. The summed E-state index contributed by atoms with van der Waals surface area (Å²) in [5, 5.41) is 0. The molecule has 2 rings (SSSR count). The summed E-state index contributed by atoms with van der Waals surface area (Å²) in [7, 11) is 0. The molecule has 1 spiro atoms. The number of carbonyl (C=O) groups is 1. The Labute approximate surface area is 115 Å². The zero-order valence-electron chi connectivity index (χ0n) is 12.3. The van der Waals surface area contributed by atoms with Crippen LogP contribution < -0.4 is 5.73 Å². The highest BCUT2D eigenvalue weighted by molar-refractivity contribution is 5.68. The topological polar surface area (TPSA) is 64.8 Å². The van der Waals surface area contributed by atoms with E-state index >= 15 is 0 Å². The van der Waals surface area contributed by atoms with Gasteiger partial charge < -0.3 is 20.1 Å². The van der Waals surface area contributed by atoms with Gasteiger partial charge in [-0.25, -0.2) is 4.79 Å². The van der Waals surface area contributed by atoms with Gasteiger partial charge in [0.15, 0.2) is 0 Å². The van der Waals surface area contributed by atoms with Crippen molar-refractivity contribution < 1.29 is 14.3 Å². The largest absolute Gasteiger partial charge is 0.444 e. The van der Waals surface area contributed by atoms with Crippen LogP contribution >= 0.6 is 0 Å². The maximum absolute atomic E-state index is 12.0. The van der Waals surface area contributed by atoms with Crippen molar-refractivity contribution in [3.63, 3.8) is 0 Å². The quantitative estimate of drug-likeness (QED) is 0.730. The van der Waals surface area contributed by atoms with E-state index in [1.807, 2.05) is 20.8 Å². The van der Waals surface area contributed by atoms with E-state index in [1.165, 1.54) is 0 Å². The third-order valence-corrected chi connectivity index (χ3v) is 3.99. The second-order valence-electron chi connectivity index (χ2n) is 6.63. The predicted molar refractivity (Wildman–Crippen MR) is 72.9 cm³/mol. The summed E-state index contributed by atoms with van der Waals surface area (Å²) in [6.45, 7) is 7.79. The Morgan fingerprint density at radius 2 is 2.00 bits per heavy atom. The molecule has 110 valence electrons. The molecule has 2 aliphatic heterocycles. The number of nitrogens with zero attached hydrogens (tertiary/aromatic N) is 1. The summed E-state index contributed by atoms with van der Waals surface area (Å²) in [6.07, 6.45) is 3.46. The molecule has 2 fully saturated rings. The van der Waals surface area contributed by atoms with Gasteiger partial charge in [0.1, 0.15) is 5.60 Å². The number of amides is 1. The predicted octanol–water partition coefficient (Wildman–Crippen LogP) is 1.89. The molecule has 0 aliphatic carbocycles. The highest BCUT2D eigenvalue weighted by Gasteiger charge is 2.43. The Morgan fingerprint density at radius 1 is 1.37 bits per heavy atom. The summed E-state index contributed by atoms with van der Waals surface area (Å²) in [5.41, 5.74) is 5.56. The fourth-order valence-corrected chi connectivity index (χ4v) is 2.86. The normalized spacial score (nSPS) is 27.4. The van der Waals surface area contributed by atoms with Gasteiger partial charge in [0, 0.05) is 25.7 Å². The molecule has 1 unspecified atom stereocenters. The zero-order valence-corrected chi connectivity index (χ0v) is 12.3. The Bertz CT molecular complexity index is 330. The van der Waals surface area contributed by atoms with E-state index in [4.69, 9.17) is 15.2 Å². The highest BCUT2D eigenvalue weighted by Crippen LogP contribution is 2.34. The lowest BCUT2D eigenvalue weighted by atomic mass is 9.81. The standard InChI is InChI=1S/C14H26N2O3/c1-13(2,3)19-12(17)16-8-6-14(7-9-16)11(15)5-4-10-18-14/h11H,4-10,15H2,1-3H3. The van der Waals surface area contributed by atoms with E-state index in [-0.39, 0.29) is 17.7 Å². The summed E-state index contributed by atoms with van der Waals surface area (Å²) in [6, 6.07) is 0.0991. The van der Waals surface area contributed by atoms with Crippen LogP contribution in [0.15, 0.2) is 0 Å². The molecule has 1 atom stereocenters. The van der Waals surface area contributed by atoms with Gasteiger partial charge in [0.05, 0.1) is 5.60 Å². The Morgan fingerprint density at radius 3 is 2.53 bits per heavy atom. The molecule has 5 heteroatoms. The van der Waals surface area contributed by atoms with Crippen molar-refractivity contribution in [2.75, 3.05) is 19.7 Å². The molecule has 0 aromatic rings. The van der Waals surface area contributed by atoms with Crippen LogP contribution in [0.4, 0.5) is 4.79 Å². The van der Waals surface area contributed by atoms with Crippen LogP contribution in [0, 0.1) is 0 Å². The summed E-state index contributed by atoms with van der Waals surface area (Å²) in [4.78, 5) is 13.8. The van der Waals surface area contributed by atoms with E-state index in [1.54, 1.807) is 4.90 Å². The lowest BCUT2D eigenvalue weighted by Crippen LogP contribution is -2.59. The second-order valence-corrected chi connectivity index (χ2v) is 6.63. The molecule has 0 bridgehead atoms. The van der Waals surface area contributed by atoms with Gasteiger partial charge in [-0.15, -0.1) is 0 Å². The molecule has 0 aromatic heterocycles. The second kappa shape index (κ2) is 5.29. The molecule has 0 aromatic carbocycles. The van der Waals surface area contributed by atoms with Crippen LogP contribution in [0.25, 0.3) is 0 Å². The fraction of sp³-hybridized carbons (Fsp3) is 0.929. The zero-order chi connectivity index (χ0) is 14.1. The number of nitrogens with two attached hydrogens (primary N) is 1. The monoisotopic (exact) mass is 270 g/mol. The maximum Gasteiger partial charge on any atom is 0.410 e. The molecule has 2 heterocycles. The smallest absolute Gasteiger partial charge is 0.410 e. The average Bonchev–Trinajstić information content (AvgIpc) is 2.32. The van der Waals surface area contributed by atoms with Crippen molar-refractivity contribution in [2.45, 2.75) is 63.7 Å². The van der Waals surface area contributed by atoms with Crippen LogP contribution in [0.2, 0.25) is 0 Å². The first-order valence-corrected chi connectivity index (χ1v) is 7.20. The lowest BCUT2D eigenvalue weighted by molar-refractivity contribution is -0.122. The third-order valence-electron chi connectivity index (χ3n) is 3.99. The fourth-order valence-electron chi connectivity index (χ4n) is 2.86. The molecule has 2 saturated heterocycles. The number of piperidine rings is 1. The summed E-state index contributed by atoms with van der Waals surface area (Å²) >= 11 is 0.